The normalized spacial score (nSPS) is 14.6. The van der Waals surface area contributed by atoms with Crippen molar-refractivity contribution in [2.24, 2.45) is 0 Å². The lowest BCUT2D eigenvalue weighted by Gasteiger charge is -2.43. The van der Waals surface area contributed by atoms with Gasteiger partial charge in [0.2, 0.25) is 0 Å². The quantitative estimate of drug-likeness (QED) is 0.491. The highest BCUT2D eigenvalue weighted by Crippen LogP contribution is 2.13. The van der Waals surface area contributed by atoms with Gasteiger partial charge in [-0.1, -0.05) is 30.7 Å². The Bertz CT molecular complexity index is 464. The van der Waals surface area contributed by atoms with Gasteiger partial charge in [-0.25, -0.2) is 4.59 Å². The monoisotopic (exact) mass is 262 g/mol. The topological polar surface area (TPSA) is 52.2 Å². The van der Waals surface area contributed by atoms with E-state index in [-0.39, 0.29) is 17.0 Å². The first-order chi connectivity index (χ1) is 8.64. The smallest absolute Gasteiger partial charge is 0.295 e. The molecule has 1 aromatic rings. The fraction of sp³-hybridized carbons (Fsp3) is 0.400. The van der Waals surface area contributed by atoms with Crippen LogP contribution >= 0.6 is 0 Å². The first-order valence-corrected chi connectivity index (χ1v) is 6.21. The molecule has 1 rings (SSSR count). The van der Waals surface area contributed by atoms with Crippen molar-refractivity contribution in [3.63, 3.8) is 0 Å². The van der Waals surface area contributed by atoms with Gasteiger partial charge in [0.15, 0.2) is 0 Å². The van der Waals surface area contributed by atoms with Gasteiger partial charge < -0.3 is 5.11 Å². The van der Waals surface area contributed by atoms with E-state index in [2.05, 4.69) is 12.0 Å². The van der Waals surface area contributed by atoms with E-state index in [1.807, 2.05) is 6.07 Å². The van der Waals surface area contributed by atoms with Crippen LogP contribution in [0.3, 0.4) is 0 Å². The van der Waals surface area contributed by atoms with Crippen LogP contribution < -0.4 is 10.5 Å². The van der Waals surface area contributed by atoms with E-state index in [0.29, 0.717) is 11.1 Å². The van der Waals surface area contributed by atoms with E-state index in [4.69, 9.17) is 0 Å². The summed E-state index contributed by atoms with van der Waals surface area (Å²) in [6, 6.07) is 8.95. The molecule has 19 heavy (non-hydrogen) atoms. The molecule has 1 atom stereocenters. The summed E-state index contributed by atoms with van der Waals surface area (Å²) in [5.41, 5.74) is 2.71. The Labute approximate surface area is 114 Å². The van der Waals surface area contributed by atoms with E-state index in [9.17, 15) is 9.90 Å². The van der Waals surface area contributed by atoms with Crippen molar-refractivity contribution in [2.45, 2.75) is 19.4 Å². The number of likely N-dealkylation sites (N-methyl/N-ethyl adjacent to an activating group) is 1. The Morgan fingerprint density at radius 3 is 2.37 bits per heavy atom. The molecular weight excluding hydrogens is 240 g/mol. The largest absolute Gasteiger partial charge is 0.842 e. The maximum absolute atomic E-state index is 12.3. The number of amides is 1. The minimum Gasteiger partial charge on any atom is -0.842 e. The molecule has 104 valence electrons. The summed E-state index contributed by atoms with van der Waals surface area (Å²) in [5.74, 6) is -0.192. The SMILES string of the molecule is C=C(C)C(C)([O-])C[N+](C)(C)NC(=O)c1ccccc1. The Hall–Kier alpha value is -1.65. The number of quaternary nitrogens is 1. The third-order valence-corrected chi connectivity index (χ3v) is 3.04. The summed E-state index contributed by atoms with van der Waals surface area (Å²) < 4.78 is 0.112. The second kappa shape index (κ2) is 5.55. The second-order valence-electron chi connectivity index (χ2n) is 5.66. The Kier molecular flexibility index (Phi) is 4.50. The minimum atomic E-state index is -1.27. The van der Waals surface area contributed by atoms with Crippen LogP contribution in [0, 0.1) is 0 Å². The molecule has 1 N–H and O–H groups in total. The van der Waals surface area contributed by atoms with Gasteiger partial charge in [-0.3, -0.25) is 4.79 Å². The summed E-state index contributed by atoms with van der Waals surface area (Å²) in [6.07, 6.45) is 0. The lowest BCUT2D eigenvalue weighted by Crippen LogP contribution is -2.63. The fourth-order valence-electron chi connectivity index (χ4n) is 1.86. The maximum atomic E-state index is 12.3. The van der Waals surface area contributed by atoms with Gasteiger partial charge in [0.05, 0.1) is 20.6 Å². The zero-order valence-electron chi connectivity index (χ0n) is 12.1. The van der Waals surface area contributed by atoms with E-state index in [0.717, 1.165) is 0 Å². The maximum Gasteiger partial charge on any atom is 0.295 e. The molecule has 0 aliphatic carbocycles. The van der Waals surface area contributed by atoms with E-state index in [1.54, 1.807) is 52.2 Å². The Morgan fingerprint density at radius 2 is 1.89 bits per heavy atom. The van der Waals surface area contributed by atoms with E-state index in [1.165, 1.54) is 0 Å². The molecule has 4 nitrogen and oxygen atoms in total. The number of hydrogen-bond acceptors (Lipinski definition) is 2. The van der Waals surface area contributed by atoms with Gasteiger partial charge >= 0.3 is 0 Å². The van der Waals surface area contributed by atoms with Crippen LogP contribution in [0.4, 0.5) is 0 Å². The van der Waals surface area contributed by atoms with Crippen LogP contribution in [0.1, 0.15) is 24.2 Å². The van der Waals surface area contributed by atoms with Crippen molar-refractivity contribution in [1.82, 2.24) is 5.43 Å². The van der Waals surface area contributed by atoms with Crippen molar-refractivity contribution in [2.75, 3.05) is 20.6 Å². The average molecular weight is 262 g/mol. The zero-order valence-corrected chi connectivity index (χ0v) is 12.1. The van der Waals surface area contributed by atoms with Gasteiger partial charge in [-0.15, -0.1) is 6.58 Å². The molecule has 0 saturated heterocycles. The van der Waals surface area contributed by atoms with Crippen LogP contribution in [0.2, 0.25) is 0 Å². The summed E-state index contributed by atoms with van der Waals surface area (Å²) in [6.45, 7) is 7.25. The number of carbonyl (C=O) groups is 1. The molecule has 4 heteroatoms. The second-order valence-corrected chi connectivity index (χ2v) is 5.66. The molecule has 0 heterocycles. The third kappa shape index (κ3) is 4.50. The van der Waals surface area contributed by atoms with Gasteiger partial charge in [0, 0.05) is 5.56 Å². The molecule has 0 fully saturated rings. The Balaban J connectivity index is 2.75. The summed E-state index contributed by atoms with van der Waals surface area (Å²) in [5, 5.41) is 12.3. The van der Waals surface area contributed by atoms with Crippen molar-refractivity contribution in [1.29, 1.82) is 0 Å². The van der Waals surface area contributed by atoms with Crippen LogP contribution in [-0.4, -0.2) is 36.7 Å². The van der Waals surface area contributed by atoms with Gasteiger partial charge in [-0.2, -0.15) is 5.43 Å². The molecule has 1 amide bonds. The van der Waals surface area contributed by atoms with Gasteiger partial charge in [0.1, 0.15) is 0 Å². The minimum absolute atomic E-state index is 0.112. The van der Waals surface area contributed by atoms with Gasteiger partial charge in [0.25, 0.3) is 5.91 Å². The lowest BCUT2D eigenvalue weighted by molar-refractivity contribution is -0.935. The van der Waals surface area contributed by atoms with Crippen molar-refractivity contribution < 1.29 is 14.5 Å². The number of nitrogens with zero attached hydrogens (tertiary/aromatic N) is 1. The number of carbonyl (C=O) groups excluding carboxylic acids is 1. The zero-order chi connectivity index (χ0) is 14.7. The van der Waals surface area contributed by atoms with Crippen molar-refractivity contribution >= 4 is 5.91 Å². The number of hydrogen-bond donors (Lipinski definition) is 1. The van der Waals surface area contributed by atoms with E-state index < -0.39 is 5.60 Å². The highest BCUT2D eigenvalue weighted by molar-refractivity contribution is 5.93. The average Bonchev–Trinajstić information content (AvgIpc) is 2.27. The molecule has 0 aromatic heterocycles. The highest BCUT2D eigenvalue weighted by Gasteiger charge is 2.26. The highest BCUT2D eigenvalue weighted by atomic mass is 16.3. The van der Waals surface area contributed by atoms with Crippen LogP contribution in [0.15, 0.2) is 42.5 Å². The lowest BCUT2D eigenvalue weighted by atomic mass is 9.98. The van der Waals surface area contributed by atoms with Crippen LogP contribution in [-0.2, 0) is 0 Å². The number of benzene rings is 1. The standard InChI is InChI=1S/C15H22N2O2/c1-12(2)15(3,19)11-17(4,5)16-14(18)13-9-7-6-8-10-13/h6-10H,1,11H2,2-5H3,(H,16,18). The molecule has 0 spiro atoms. The predicted molar refractivity (Wildman–Crippen MR) is 74.1 cm³/mol. The molecule has 0 radical (unpaired) electrons. The molecular formula is C15H22N2O2. The number of rotatable bonds is 5. The first-order valence-electron chi connectivity index (χ1n) is 6.21. The number of nitrogens with one attached hydrogen (secondary N) is 1. The Morgan fingerprint density at radius 1 is 1.37 bits per heavy atom. The first kappa shape index (κ1) is 15.4. The molecule has 0 bridgehead atoms. The van der Waals surface area contributed by atoms with Crippen molar-refractivity contribution in [3.05, 3.63) is 48.0 Å². The van der Waals surface area contributed by atoms with Crippen LogP contribution in [0.5, 0.6) is 0 Å². The summed E-state index contributed by atoms with van der Waals surface area (Å²) >= 11 is 0. The summed E-state index contributed by atoms with van der Waals surface area (Å²) in [7, 11) is 3.58. The third-order valence-electron chi connectivity index (χ3n) is 3.04. The summed E-state index contributed by atoms with van der Waals surface area (Å²) in [4.78, 5) is 12.1. The molecule has 1 aromatic carbocycles. The molecule has 0 aliphatic heterocycles. The molecule has 1 unspecified atom stereocenters. The molecule has 0 saturated carbocycles. The fourth-order valence-corrected chi connectivity index (χ4v) is 1.86. The van der Waals surface area contributed by atoms with E-state index >= 15 is 0 Å². The molecule has 0 aliphatic rings. The van der Waals surface area contributed by atoms with Crippen LogP contribution in [0.25, 0.3) is 0 Å². The van der Waals surface area contributed by atoms with Crippen molar-refractivity contribution in [3.8, 4) is 0 Å². The predicted octanol–water partition coefficient (Wildman–Crippen LogP) is 1.10. The van der Waals surface area contributed by atoms with Gasteiger partial charge in [-0.05, 0) is 24.7 Å².